The molecular formula is C34H39ClN2O2. The van der Waals surface area contributed by atoms with E-state index in [1.54, 1.807) is 0 Å². The molecule has 39 heavy (non-hydrogen) atoms. The van der Waals surface area contributed by atoms with E-state index < -0.39 is 0 Å². The average molecular weight is 543 g/mol. The Hall–Kier alpha value is -2.99. The maximum Gasteiger partial charge on any atom is 0.108 e. The summed E-state index contributed by atoms with van der Waals surface area (Å²) in [5.74, 6) is 0. The van der Waals surface area contributed by atoms with Gasteiger partial charge in [0.2, 0.25) is 0 Å². The smallest absolute Gasteiger partial charge is 0.108 e. The minimum absolute atomic E-state index is 0. The minimum atomic E-state index is -0.0296. The highest BCUT2D eigenvalue weighted by atomic mass is 35.5. The van der Waals surface area contributed by atoms with Gasteiger partial charge in [-0.25, -0.2) is 0 Å². The summed E-state index contributed by atoms with van der Waals surface area (Å²) < 4.78 is 12.9. The van der Waals surface area contributed by atoms with Crippen molar-refractivity contribution in [3.63, 3.8) is 0 Å². The lowest BCUT2D eigenvalue weighted by Crippen LogP contribution is -2.48. The summed E-state index contributed by atoms with van der Waals surface area (Å²) in [5.41, 5.74) is 4.81. The molecule has 0 bridgehead atoms. The molecule has 1 heterocycles. The number of benzene rings is 4. The molecule has 5 heteroatoms. The number of ether oxygens (including phenoxy) is 2. The summed E-state index contributed by atoms with van der Waals surface area (Å²) in [7, 11) is 0. The molecule has 0 atom stereocenters. The Bertz CT molecular complexity index is 1010. The van der Waals surface area contributed by atoms with Gasteiger partial charge in [0, 0.05) is 39.3 Å². The van der Waals surface area contributed by atoms with E-state index in [0.717, 1.165) is 39.3 Å². The van der Waals surface area contributed by atoms with Crippen LogP contribution in [-0.4, -0.2) is 62.3 Å². The second-order valence-corrected chi connectivity index (χ2v) is 9.83. The summed E-state index contributed by atoms with van der Waals surface area (Å²) in [5, 5.41) is 0. The third-order valence-corrected chi connectivity index (χ3v) is 7.26. The van der Waals surface area contributed by atoms with Crippen molar-refractivity contribution < 1.29 is 9.47 Å². The molecule has 4 aromatic carbocycles. The lowest BCUT2D eigenvalue weighted by molar-refractivity contribution is 0.0288. The monoisotopic (exact) mass is 542 g/mol. The molecule has 1 aliphatic rings. The first-order chi connectivity index (χ1) is 18.9. The van der Waals surface area contributed by atoms with Gasteiger partial charge in [-0.15, -0.1) is 12.4 Å². The van der Waals surface area contributed by atoms with E-state index in [1.807, 2.05) is 0 Å². The van der Waals surface area contributed by atoms with Crippen molar-refractivity contribution in [3.05, 3.63) is 144 Å². The highest BCUT2D eigenvalue weighted by Crippen LogP contribution is 2.27. The van der Waals surface area contributed by atoms with Gasteiger partial charge in [-0.1, -0.05) is 121 Å². The number of rotatable bonds is 12. The molecule has 0 spiro atoms. The Balaban J connectivity index is 0.00000353. The standard InChI is InChI=1S/C34H38N2O2.ClH/c1-5-13-29(14-6-1)33(30-15-7-2-8-16-30)37-27-25-35-21-23-36(24-22-35)26-28-38-34(31-17-9-3-10-18-31)32-19-11-4-12-20-32;/h1-20,33-34H,21-28H2;1H. The first-order valence-electron chi connectivity index (χ1n) is 13.7. The molecule has 5 rings (SSSR count). The van der Waals surface area contributed by atoms with Crippen LogP contribution in [0.4, 0.5) is 0 Å². The molecule has 204 valence electrons. The van der Waals surface area contributed by atoms with Crippen LogP contribution >= 0.6 is 12.4 Å². The topological polar surface area (TPSA) is 24.9 Å². The van der Waals surface area contributed by atoms with Crippen LogP contribution in [0.5, 0.6) is 0 Å². The van der Waals surface area contributed by atoms with Gasteiger partial charge in [-0.3, -0.25) is 9.80 Å². The van der Waals surface area contributed by atoms with Gasteiger partial charge < -0.3 is 9.47 Å². The van der Waals surface area contributed by atoms with Crippen molar-refractivity contribution in [1.82, 2.24) is 9.80 Å². The Morgan fingerprint density at radius 2 is 0.692 bits per heavy atom. The summed E-state index contributed by atoms with van der Waals surface area (Å²) >= 11 is 0. The van der Waals surface area contributed by atoms with Crippen molar-refractivity contribution in [1.29, 1.82) is 0 Å². The Labute approximate surface area is 239 Å². The predicted molar refractivity (Wildman–Crippen MR) is 161 cm³/mol. The number of hydrogen-bond acceptors (Lipinski definition) is 4. The average Bonchev–Trinajstić information content (AvgIpc) is 3.00. The molecule has 0 saturated carbocycles. The van der Waals surface area contributed by atoms with Crippen molar-refractivity contribution in [2.45, 2.75) is 12.2 Å². The quantitative estimate of drug-likeness (QED) is 0.200. The maximum absolute atomic E-state index is 6.44. The van der Waals surface area contributed by atoms with Crippen LogP contribution in [0.2, 0.25) is 0 Å². The highest BCUT2D eigenvalue weighted by Gasteiger charge is 2.20. The second-order valence-electron chi connectivity index (χ2n) is 9.83. The molecule has 1 fully saturated rings. The van der Waals surface area contributed by atoms with E-state index in [0.29, 0.717) is 13.2 Å². The maximum atomic E-state index is 6.44. The Kier molecular flexibility index (Phi) is 11.6. The fourth-order valence-corrected chi connectivity index (χ4v) is 5.12. The van der Waals surface area contributed by atoms with Crippen LogP contribution in [0.25, 0.3) is 0 Å². The SMILES string of the molecule is Cl.c1ccc(C(OCCN2CCN(CCOC(c3ccccc3)c3ccccc3)CC2)c2ccccc2)cc1. The van der Waals surface area contributed by atoms with E-state index in [1.165, 1.54) is 22.3 Å². The van der Waals surface area contributed by atoms with Crippen molar-refractivity contribution in [3.8, 4) is 0 Å². The van der Waals surface area contributed by atoms with E-state index in [-0.39, 0.29) is 24.6 Å². The van der Waals surface area contributed by atoms with Crippen molar-refractivity contribution in [2.24, 2.45) is 0 Å². The fraction of sp³-hybridized carbons (Fsp3) is 0.294. The zero-order valence-corrected chi connectivity index (χ0v) is 23.3. The van der Waals surface area contributed by atoms with Crippen LogP contribution in [-0.2, 0) is 9.47 Å². The van der Waals surface area contributed by atoms with Gasteiger partial charge in [-0.05, 0) is 22.3 Å². The number of nitrogens with zero attached hydrogens (tertiary/aromatic N) is 2. The summed E-state index contributed by atoms with van der Waals surface area (Å²) in [6.07, 6.45) is -0.0592. The molecule has 0 radical (unpaired) electrons. The first kappa shape index (κ1) is 29.0. The van der Waals surface area contributed by atoms with Crippen molar-refractivity contribution >= 4 is 12.4 Å². The number of piperazine rings is 1. The molecule has 4 nitrogen and oxygen atoms in total. The molecule has 0 aromatic heterocycles. The molecule has 0 amide bonds. The lowest BCUT2D eigenvalue weighted by atomic mass is 10.0. The predicted octanol–water partition coefficient (Wildman–Crippen LogP) is 6.64. The van der Waals surface area contributed by atoms with E-state index in [9.17, 15) is 0 Å². The molecule has 0 aliphatic carbocycles. The minimum Gasteiger partial charge on any atom is -0.367 e. The summed E-state index contributed by atoms with van der Waals surface area (Å²) in [6.45, 7) is 7.57. The highest BCUT2D eigenvalue weighted by molar-refractivity contribution is 5.85. The fourth-order valence-electron chi connectivity index (χ4n) is 5.12. The third kappa shape index (κ3) is 8.50. The van der Waals surface area contributed by atoms with Gasteiger partial charge in [0.25, 0.3) is 0 Å². The number of halogens is 1. The normalized spacial score (nSPS) is 14.4. The first-order valence-corrected chi connectivity index (χ1v) is 13.7. The molecule has 0 unspecified atom stereocenters. The van der Waals surface area contributed by atoms with E-state index >= 15 is 0 Å². The number of hydrogen-bond donors (Lipinski definition) is 0. The van der Waals surface area contributed by atoms with E-state index in [4.69, 9.17) is 9.47 Å². The molecule has 0 N–H and O–H groups in total. The lowest BCUT2D eigenvalue weighted by Gasteiger charge is -2.35. The van der Waals surface area contributed by atoms with Crippen LogP contribution < -0.4 is 0 Å². The van der Waals surface area contributed by atoms with Crippen LogP contribution in [0.15, 0.2) is 121 Å². The zero-order valence-electron chi connectivity index (χ0n) is 22.5. The van der Waals surface area contributed by atoms with Gasteiger partial charge in [0.15, 0.2) is 0 Å². The largest absolute Gasteiger partial charge is 0.367 e. The Morgan fingerprint density at radius 1 is 0.436 bits per heavy atom. The van der Waals surface area contributed by atoms with E-state index in [2.05, 4.69) is 131 Å². The van der Waals surface area contributed by atoms with Crippen LogP contribution in [0, 0.1) is 0 Å². The Morgan fingerprint density at radius 3 is 0.949 bits per heavy atom. The molecular weight excluding hydrogens is 504 g/mol. The molecule has 1 saturated heterocycles. The van der Waals surface area contributed by atoms with Gasteiger partial charge in [0.1, 0.15) is 12.2 Å². The summed E-state index contributed by atoms with van der Waals surface area (Å²) in [6, 6.07) is 42.1. The third-order valence-electron chi connectivity index (χ3n) is 7.26. The van der Waals surface area contributed by atoms with Gasteiger partial charge in [-0.2, -0.15) is 0 Å². The van der Waals surface area contributed by atoms with Gasteiger partial charge in [0.05, 0.1) is 13.2 Å². The zero-order chi connectivity index (χ0) is 25.8. The molecule has 1 aliphatic heterocycles. The molecule has 4 aromatic rings. The van der Waals surface area contributed by atoms with Crippen LogP contribution in [0.3, 0.4) is 0 Å². The van der Waals surface area contributed by atoms with Gasteiger partial charge >= 0.3 is 0 Å². The second kappa shape index (κ2) is 15.6. The summed E-state index contributed by atoms with van der Waals surface area (Å²) in [4.78, 5) is 5.03. The van der Waals surface area contributed by atoms with Crippen molar-refractivity contribution in [2.75, 3.05) is 52.5 Å². The van der Waals surface area contributed by atoms with Crippen LogP contribution in [0.1, 0.15) is 34.5 Å².